The molecule has 4 atom stereocenters. The summed E-state index contributed by atoms with van der Waals surface area (Å²) in [5.74, 6) is 2.85. The lowest BCUT2D eigenvalue weighted by Crippen LogP contribution is -2.24. The van der Waals surface area contributed by atoms with Crippen molar-refractivity contribution in [2.75, 3.05) is 13.2 Å². The van der Waals surface area contributed by atoms with E-state index in [1.807, 2.05) is 18.2 Å². The van der Waals surface area contributed by atoms with Crippen LogP contribution in [0.3, 0.4) is 0 Å². The molecular formula is C17H20ClNO2. The van der Waals surface area contributed by atoms with Gasteiger partial charge in [0.15, 0.2) is 0 Å². The van der Waals surface area contributed by atoms with Gasteiger partial charge in [0.25, 0.3) is 5.91 Å². The molecule has 1 heterocycles. The first-order valence-electron chi connectivity index (χ1n) is 7.91. The third kappa shape index (κ3) is 2.32. The Morgan fingerprint density at radius 1 is 1.29 bits per heavy atom. The predicted molar refractivity (Wildman–Crippen MR) is 81.8 cm³/mol. The molecule has 2 bridgehead atoms. The minimum atomic E-state index is -0.0545. The molecule has 1 N–H and O–H groups in total. The number of ether oxygens (including phenoxy) is 1. The van der Waals surface area contributed by atoms with E-state index in [0.717, 1.165) is 17.4 Å². The molecule has 3 nitrogen and oxygen atoms in total. The Hall–Kier alpha value is -1.22. The first-order chi connectivity index (χ1) is 10.2. The summed E-state index contributed by atoms with van der Waals surface area (Å²) in [6.07, 6.45) is 5.30. The maximum absolute atomic E-state index is 12.1. The monoisotopic (exact) mass is 305 g/mol. The second kappa shape index (κ2) is 5.20. The van der Waals surface area contributed by atoms with Crippen LogP contribution < -0.4 is 10.1 Å². The number of rotatable bonds is 2. The summed E-state index contributed by atoms with van der Waals surface area (Å²) < 4.78 is 5.60. The summed E-state index contributed by atoms with van der Waals surface area (Å²) in [6, 6.07) is 5.86. The number of nitrogens with one attached hydrogen (secondary N) is 1. The van der Waals surface area contributed by atoms with Crippen molar-refractivity contribution in [1.29, 1.82) is 0 Å². The van der Waals surface area contributed by atoms with Gasteiger partial charge in [-0.15, -0.1) is 11.6 Å². The van der Waals surface area contributed by atoms with E-state index in [0.29, 0.717) is 30.4 Å². The van der Waals surface area contributed by atoms with Gasteiger partial charge in [-0.25, -0.2) is 0 Å². The van der Waals surface area contributed by atoms with Gasteiger partial charge in [0.2, 0.25) is 0 Å². The third-order valence-electron chi connectivity index (χ3n) is 5.38. The van der Waals surface area contributed by atoms with E-state index in [2.05, 4.69) is 5.32 Å². The van der Waals surface area contributed by atoms with Crippen molar-refractivity contribution in [1.82, 2.24) is 5.32 Å². The second-order valence-corrected chi connectivity index (χ2v) is 7.07. The van der Waals surface area contributed by atoms with Gasteiger partial charge in [-0.05, 0) is 54.7 Å². The van der Waals surface area contributed by atoms with E-state index in [4.69, 9.17) is 16.3 Å². The maximum Gasteiger partial charge on any atom is 0.255 e. The van der Waals surface area contributed by atoms with Crippen LogP contribution in [0.15, 0.2) is 18.2 Å². The molecule has 2 fully saturated rings. The van der Waals surface area contributed by atoms with E-state index in [9.17, 15) is 4.79 Å². The van der Waals surface area contributed by atoms with Gasteiger partial charge in [0, 0.05) is 0 Å². The molecule has 0 spiro atoms. The Bertz CT molecular complexity index is 574. The zero-order valence-corrected chi connectivity index (χ0v) is 12.7. The SMILES string of the molecule is O=C1NCCOc2ccc(C(Cl)C3CC4CCC3C4)cc21. The predicted octanol–water partition coefficient (Wildman–Crippen LogP) is 3.52. The summed E-state index contributed by atoms with van der Waals surface area (Å²) in [7, 11) is 0. The molecule has 4 rings (SSSR count). The zero-order chi connectivity index (χ0) is 14.4. The van der Waals surface area contributed by atoms with Crippen LogP contribution in [0.25, 0.3) is 0 Å². The highest BCUT2D eigenvalue weighted by Crippen LogP contribution is 2.54. The van der Waals surface area contributed by atoms with Crippen molar-refractivity contribution >= 4 is 17.5 Å². The van der Waals surface area contributed by atoms with Crippen LogP contribution in [0.4, 0.5) is 0 Å². The lowest BCUT2D eigenvalue weighted by Gasteiger charge is -2.27. The molecule has 1 aromatic rings. The van der Waals surface area contributed by atoms with Gasteiger partial charge in [0.05, 0.1) is 17.5 Å². The van der Waals surface area contributed by atoms with Gasteiger partial charge in [0.1, 0.15) is 12.4 Å². The summed E-state index contributed by atoms with van der Waals surface area (Å²) >= 11 is 6.77. The highest BCUT2D eigenvalue weighted by Gasteiger charge is 2.43. The van der Waals surface area contributed by atoms with E-state index in [1.165, 1.54) is 25.7 Å². The molecule has 1 aromatic carbocycles. The molecule has 4 unspecified atom stereocenters. The van der Waals surface area contributed by atoms with Crippen LogP contribution in [-0.2, 0) is 0 Å². The van der Waals surface area contributed by atoms with Crippen molar-refractivity contribution in [3.05, 3.63) is 29.3 Å². The first kappa shape index (κ1) is 13.4. The summed E-state index contributed by atoms with van der Waals surface area (Å²) in [5.41, 5.74) is 1.69. The van der Waals surface area contributed by atoms with Gasteiger partial charge in [-0.3, -0.25) is 4.79 Å². The summed E-state index contributed by atoms with van der Waals surface area (Å²) in [6.45, 7) is 1.08. The standard InChI is InChI=1S/C17H20ClNO2/c18-16(13-8-10-1-2-11(13)7-10)12-3-4-15-14(9-12)17(20)19-5-6-21-15/h3-4,9-11,13,16H,1-2,5-8H2,(H,19,20). The molecule has 21 heavy (non-hydrogen) atoms. The molecule has 0 radical (unpaired) electrons. The van der Waals surface area contributed by atoms with Gasteiger partial charge in [-0.2, -0.15) is 0 Å². The highest BCUT2D eigenvalue weighted by molar-refractivity contribution is 6.21. The van der Waals surface area contributed by atoms with Crippen molar-refractivity contribution in [3.63, 3.8) is 0 Å². The van der Waals surface area contributed by atoms with Crippen LogP contribution in [-0.4, -0.2) is 19.1 Å². The molecule has 2 aliphatic carbocycles. The Labute approximate surface area is 130 Å². The molecule has 4 heteroatoms. The largest absolute Gasteiger partial charge is 0.491 e. The van der Waals surface area contributed by atoms with Crippen LogP contribution in [0.5, 0.6) is 5.75 Å². The molecule has 0 saturated heterocycles. The average molecular weight is 306 g/mol. The lowest BCUT2D eigenvalue weighted by atomic mass is 9.83. The maximum atomic E-state index is 12.1. The van der Waals surface area contributed by atoms with Crippen LogP contribution in [0, 0.1) is 17.8 Å². The number of benzene rings is 1. The molecular weight excluding hydrogens is 286 g/mol. The van der Waals surface area contributed by atoms with Gasteiger partial charge >= 0.3 is 0 Å². The van der Waals surface area contributed by atoms with Crippen molar-refractivity contribution < 1.29 is 9.53 Å². The first-order valence-corrected chi connectivity index (χ1v) is 8.35. The third-order valence-corrected chi connectivity index (χ3v) is 5.96. The lowest BCUT2D eigenvalue weighted by molar-refractivity contribution is 0.0957. The minimum Gasteiger partial charge on any atom is -0.491 e. The zero-order valence-electron chi connectivity index (χ0n) is 12.0. The Balaban J connectivity index is 1.62. The molecule has 112 valence electrons. The van der Waals surface area contributed by atoms with Crippen molar-refractivity contribution in [3.8, 4) is 5.75 Å². The Morgan fingerprint density at radius 3 is 2.95 bits per heavy atom. The number of hydrogen-bond donors (Lipinski definition) is 1. The fraction of sp³-hybridized carbons (Fsp3) is 0.588. The average Bonchev–Trinajstić information content (AvgIpc) is 3.09. The number of halogens is 1. The second-order valence-electron chi connectivity index (χ2n) is 6.60. The van der Waals surface area contributed by atoms with E-state index < -0.39 is 0 Å². The summed E-state index contributed by atoms with van der Waals surface area (Å²) in [4.78, 5) is 12.1. The minimum absolute atomic E-state index is 0.0154. The van der Waals surface area contributed by atoms with Crippen LogP contribution in [0.1, 0.15) is 47.0 Å². The smallest absolute Gasteiger partial charge is 0.255 e. The molecule has 1 amide bonds. The highest BCUT2D eigenvalue weighted by atomic mass is 35.5. The number of amides is 1. The fourth-order valence-corrected chi connectivity index (χ4v) is 4.79. The number of hydrogen-bond acceptors (Lipinski definition) is 2. The molecule has 1 aliphatic heterocycles. The van der Waals surface area contributed by atoms with Crippen molar-refractivity contribution in [2.24, 2.45) is 17.8 Å². The van der Waals surface area contributed by atoms with Gasteiger partial charge < -0.3 is 10.1 Å². The Morgan fingerprint density at radius 2 is 2.19 bits per heavy atom. The number of fused-ring (bicyclic) bond motifs is 3. The Kier molecular flexibility index (Phi) is 3.33. The molecule has 0 aromatic heterocycles. The van der Waals surface area contributed by atoms with Crippen molar-refractivity contribution in [2.45, 2.75) is 31.1 Å². The quantitative estimate of drug-likeness (QED) is 0.849. The van der Waals surface area contributed by atoms with Crippen LogP contribution >= 0.6 is 11.6 Å². The number of alkyl halides is 1. The van der Waals surface area contributed by atoms with E-state index in [1.54, 1.807) is 0 Å². The fourth-order valence-electron chi connectivity index (χ4n) is 4.34. The number of carbonyl (C=O) groups is 1. The topological polar surface area (TPSA) is 38.3 Å². The van der Waals surface area contributed by atoms with Crippen LogP contribution in [0.2, 0.25) is 0 Å². The van der Waals surface area contributed by atoms with E-state index >= 15 is 0 Å². The molecule has 2 saturated carbocycles. The molecule has 3 aliphatic rings. The normalized spacial score (nSPS) is 32.0. The van der Waals surface area contributed by atoms with E-state index in [-0.39, 0.29) is 11.3 Å². The van der Waals surface area contributed by atoms with Gasteiger partial charge in [-0.1, -0.05) is 12.5 Å². The number of carbonyl (C=O) groups excluding carboxylic acids is 1. The summed E-state index contributed by atoms with van der Waals surface area (Å²) in [5, 5.41) is 2.87.